The standard InChI is InChI=1S/C43H49F2N3O7/c1-29(2)37(28-53-25-32-14-8-5-9-15-32)47-41(51)43(44,45)39(49)36(24-31-20-22-35(23-21-31)54-26-33-16-10-6-11-17-33)46-40(50)38(30(3)4)48-42(52)55-27-34-18-12-7-13-19-34/h5-23,29-30,36-38H,24-28H2,1-4H3,(H,46,50)(H,47,51)(H,48,52)/t36-,37+,38-/m0/s1. The second kappa shape index (κ2) is 20.7. The molecule has 3 amide bonds. The van der Waals surface area contributed by atoms with Crippen molar-refractivity contribution in [1.29, 1.82) is 0 Å². The number of hydrogen-bond acceptors (Lipinski definition) is 7. The molecule has 0 saturated carbocycles. The van der Waals surface area contributed by atoms with Gasteiger partial charge in [0.15, 0.2) is 0 Å². The Labute approximate surface area is 321 Å². The lowest BCUT2D eigenvalue weighted by atomic mass is 9.96. The van der Waals surface area contributed by atoms with Crippen LogP contribution in [0.15, 0.2) is 115 Å². The number of ether oxygens (including phenoxy) is 3. The summed E-state index contributed by atoms with van der Waals surface area (Å²) in [4.78, 5) is 53.2. The SMILES string of the molecule is CC(C)[C@H](NC(=O)OCc1ccccc1)C(=O)N[C@@H](Cc1ccc(OCc2ccccc2)cc1)C(=O)C(F)(F)C(=O)N[C@H](COCc1ccccc1)C(C)C. The van der Waals surface area contributed by atoms with E-state index in [0.29, 0.717) is 23.5 Å². The minimum Gasteiger partial charge on any atom is -0.489 e. The smallest absolute Gasteiger partial charge is 0.408 e. The second-order valence-electron chi connectivity index (χ2n) is 13.9. The summed E-state index contributed by atoms with van der Waals surface area (Å²) < 4.78 is 48.7. The molecule has 0 aliphatic carbocycles. The lowest BCUT2D eigenvalue weighted by Gasteiger charge is -2.28. The third-order valence-electron chi connectivity index (χ3n) is 8.80. The molecular weight excluding hydrogens is 708 g/mol. The Bertz CT molecular complexity index is 1810. The molecule has 55 heavy (non-hydrogen) atoms. The minimum absolute atomic E-state index is 0.0682. The van der Waals surface area contributed by atoms with E-state index >= 15 is 8.78 Å². The van der Waals surface area contributed by atoms with E-state index in [9.17, 15) is 19.2 Å². The molecule has 4 aromatic carbocycles. The summed E-state index contributed by atoms with van der Waals surface area (Å²) in [6.07, 6.45) is -1.30. The molecule has 292 valence electrons. The molecule has 0 heterocycles. The van der Waals surface area contributed by atoms with Gasteiger partial charge in [-0.05, 0) is 46.2 Å². The highest BCUT2D eigenvalue weighted by atomic mass is 19.3. The number of amides is 3. The van der Waals surface area contributed by atoms with Crippen LogP contribution in [0.4, 0.5) is 13.6 Å². The number of Topliss-reactive ketones (excluding diaryl/α,β-unsaturated/α-hetero) is 1. The lowest BCUT2D eigenvalue weighted by molar-refractivity contribution is -0.161. The predicted molar refractivity (Wildman–Crippen MR) is 204 cm³/mol. The Hall–Kier alpha value is -5.62. The highest BCUT2D eigenvalue weighted by Crippen LogP contribution is 2.23. The summed E-state index contributed by atoms with van der Waals surface area (Å²) in [5.74, 6) is -9.43. The number of alkyl halides is 2. The van der Waals surface area contributed by atoms with Crippen LogP contribution in [0.5, 0.6) is 5.75 Å². The first kappa shape index (κ1) is 42.1. The number of hydrogen-bond donors (Lipinski definition) is 3. The Morgan fingerprint density at radius 1 is 0.618 bits per heavy atom. The zero-order valence-electron chi connectivity index (χ0n) is 31.5. The molecule has 3 atom stereocenters. The minimum atomic E-state index is -4.54. The van der Waals surface area contributed by atoms with E-state index in [-0.39, 0.29) is 32.2 Å². The van der Waals surface area contributed by atoms with E-state index in [4.69, 9.17) is 14.2 Å². The van der Waals surface area contributed by atoms with Gasteiger partial charge in [-0.3, -0.25) is 14.4 Å². The number of ketones is 1. The first-order valence-electron chi connectivity index (χ1n) is 18.2. The molecule has 0 unspecified atom stereocenters. The first-order valence-corrected chi connectivity index (χ1v) is 18.2. The molecule has 3 N–H and O–H groups in total. The van der Waals surface area contributed by atoms with Crippen molar-refractivity contribution in [2.24, 2.45) is 11.8 Å². The number of alkyl carbamates (subject to hydrolysis) is 1. The van der Waals surface area contributed by atoms with Gasteiger partial charge in [0.1, 0.15) is 25.0 Å². The van der Waals surface area contributed by atoms with E-state index in [1.165, 1.54) is 0 Å². The maximum absolute atomic E-state index is 15.9. The van der Waals surface area contributed by atoms with Gasteiger partial charge in [-0.25, -0.2) is 4.79 Å². The average Bonchev–Trinajstić information content (AvgIpc) is 3.18. The van der Waals surface area contributed by atoms with E-state index in [1.54, 1.807) is 76.2 Å². The van der Waals surface area contributed by atoms with Gasteiger partial charge in [-0.1, -0.05) is 131 Å². The van der Waals surface area contributed by atoms with Gasteiger partial charge in [-0.15, -0.1) is 0 Å². The summed E-state index contributed by atoms with van der Waals surface area (Å²) in [5, 5.41) is 7.17. The fourth-order valence-corrected chi connectivity index (χ4v) is 5.46. The predicted octanol–water partition coefficient (Wildman–Crippen LogP) is 6.81. The molecule has 12 heteroatoms. The van der Waals surface area contributed by atoms with Crippen LogP contribution in [0.3, 0.4) is 0 Å². The van der Waals surface area contributed by atoms with Crippen LogP contribution >= 0.6 is 0 Å². The maximum Gasteiger partial charge on any atom is 0.408 e. The van der Waals surface area contributed by atoms with Crippen LogP contribution in [0.25, 0.3) is 0 Å². The van der Waals surface area contributed by atoms with Crippen molar-refractivity contribution in [1.82, 2.24) is 16.0 Å². The molecule has 10 nitrogen and oxygen atoms in total. The first-order chi connectivity index (χ1) is 26.3. The Morgan fingerprint density at radius 3 is 1.67 bits per heavy atom. The molecule has 0 aliphatic heterocycles. The van der Waals surface area contributed by atoms with Crippen molar-refractivity contribution in [2.45, 2.75) is 78.0 Å². The molecule has 0 radical (unpaired) electrons. The van der Waals surface area contributed by atoms with Crippen LogP contribution < -0.4 is 20.7 Å². The molecule has 0 saturated heterocycles. The summed E-state index contributed by atoms with van der Waals surface area (Å²) in [6.45, 7) is 7.09. The van der Waals surface area contributed by atoms with Crippen LogP contribution in [0.1, 0.15) is 49.9 Å². The van der Waals surface area contributed by atoms with Crippen molar-refractivity contribution in [2.75, 3.05) is 6.61 Å². The van der Waals surface area contributed by atoms with Gasteiger partial charge in [0.05, 0.1) is 25.3 Å². The van der Waals surface area contributed by atoms with Gasteiger partial charge in [-0.2, -0.15) is 8.78 Å². The third kappa shape index (κ3) is 13.3. The maximum atomic E-state index is 15.9. The number of halogens is 2. The van der Waals surface area contributed by atoms with E-state index in [0.717, 1.165) is 11.1 Å². The number of rotatable bonds is 20. The summed E-state index contributed by atoms with van der Waals surface area (Å²) in [6, 6.07) is 30.1. The topological polar surface area (TPSA) is 132 Å². The van der Waals surface area contributed by atoms with Crippen molar-refractivity contribution >= 4 is 23.7 Å². The summed E-state index contributed by atoms with van der Waals surface area (Å²) >= 11 is 0. The van der Waals surface area contributed by atoms with E-state index < -0.39 is 53.7 Å². The number of nitrogens with one attached hydrogen (secondary N) is 3. The normalized spacial score (nSPS) is 13.0. The van der Waals surface area contributed by atoms with Crippen LogP contribution in [-0.4, -0.2) is 54.3 Å². The van der Waals surface area contributed by atoms with Gasteiger partial charge in [0.2, 0.25) is 11.7 Å². The fourth-order valence-electron chi connectivity index (χ4n) is 5.46. The van der Waals surface area contributed by atoms with Crippen molar-refractivity contribution in [3.05, 3.63) is 138 Å². The van der Waals surface area contributed by atoms with Crippen molar-refractivity contribution < 1.29 is 42.2 Å². The summed E-state index contributed by atoms with van der Waals surface area (Å²) in [5.41, 5.74) is 2.94. The van der Waals surface area contributed by atoms with Crippen molar-refractivity contribution in [3.8, 4) is 5.75 Å². The average molecular weight is 758 g/mol. The Morgan fingerprint density at radius 2 is 1.15 bits per heavy atom. The van der Waals surface area contributed by atoms with E-state index in [1.807, 2.05) is 66.7 Å². The van der Waals surface area contributed by atoms with Gasteiger partial charge in [0, 0.05) is 6.42 Å². The number of carbonyl (C=O) groups excluding carboxylic acids is 4. The number of benzene rings is 4. The van der Waals surface area contributed by atoms with Crippen LogP contribution in [0, 0.1) is 11.8 Å². The quantitative estimate of drug-likeness (QED) is 0.0845. The number of carbonyl (C=O) groups is 4. The van der Waals surface area contributed by atoms with E-state index in [2.05, 4.69) is 16.0 Å². The molecule has 0 spiro atoms. The molecular formula is C43H49F2N3O7. The van der Waals surface area contributed by atoms with Crippen LogP contribution in [-0.2, 0) is 50.1 Å². The molecule has 0 fully saturated rings. The highest BCUT2D eigenvalue weighted by Gasteiger charge is 2.51. The molecule has 4 aromatic rings. The van der Waals surface area contributed by atoms with Crippen molar-refractivity contribution in [3.63, 3.8) is 0 Å². The molecule has 0 aliphatic rings. The zero-order valence-corrected chi connectivity index (χ0v) is 31.5. The highest BCUT2D eigenvalue weighted by molar-refractivity contribution is 6.10. The monoisotopic (exact) mass is 757 g/mol. The lowest BCUT2D eigenvalue weighted by Crippen LogP contribution is -2.60. The van der Waals surface area contributed by atoms with Gasteiger partial charge >= 0.3 is 12.0 Å². The van der Waals surface area contributed by atoms with Gasteiger partial charge in [0.25, 0.3) is 5.91 Å². The fraction of sp³-hybridized carbons (Fsp3) is 0.349. The molecule has 0 aromatic heterocycles. The Balaban J connectivity index is 1.49. The largest absolute Gasteiger partial charge is 0.489 e. The summed E-state index contributed by atoms with van der Waals surface area (Å²) in [7, 11) is 0. The Kier molecular flexibility index (Phi) is 15.9. The molecule has 4 rings (SSSR count). The molecule has 0 bridgehead atoms. The van der Waals surface area contributed by atoms with Gasteiger partial charge < -0.3 is 30.2 Å². The zero-order chi connectivity index (χ0) is 39.8. The second-order valence-corrected chi connectivity index (χ2v) is 13.9. The van der Waals surface area contributed by atoms with Crippen LogP contribution in [0.2, 0.25) is 0 Å². The third-order valence-corrected chi connectivity index (χ3v) is 8.80.